The Morgan fingerprint density at radius 1 is 0.519 bits per heavy atom. The summed E-state index contributed by atoms with van der Waals surface area (Å²) in [4.78, 5) is 14.7. The fourth-order valence-electron chi connectivity index (χ4n) is 6.94. The molecular weight excluding hydrogens is 661 g/mol. The third kappa shape index (κ3) is 6.25. The van der Waals surface area contributed by atoms with Crippen LogP contribution in [-0.2, 0) is 0 Å². The highest BCUT2D eigenvalue weighted by Gasteiger charge is 2.15. The molecule has 0 atom stereocenters. The molecule has 0 aliphatic carbocycles. The number of furan rings is 1. The summed E-state index contributed by atoms with van der Waals surface area (Å²) in [6, 6.07) is 59.6. The number of benzene rings is 7. The van der Waals surface area contributed by atoms with Crippen molar-refractivity contribution in [2.75, 3.05) is 0 Å². The molecule has 0 spiro atoms. The Kier molecular flexibility index (Phi) is 8.42. The predicted octanol–water partition coefficient (Wildman–Crippen LogP) is 12.0. The standard InChI is InChI=1S/C49H34N4O/c1-32(33-12-4-2-5-13-33)52-49(53-48(50)43-19-10-18-42-41-16-8-9-21-46(41)54-47(42)43)38-28-26-37(27-29-38)40-17-11-20-45-44(40)30-39(31-51-45)36-24-22-35(23-25-36)34-14-6-3-7-15-34/h2-31H,1H2,(H2,50,52,53). The molecule has 9 aromatic rings. The monoisotopic (exact) mass is 694 g/mol. The molecule has 2 N–H and O–H groups in total. The normalized spacial score (nSPS) is 12.1. The lowest BCUT2D eigenvalue weighted by Crippen LogP contribution is -2.16. The number of amidine groups is 2. The van der Waals surface area contributed by atoms with Gasteiger partial charge in [0.2, 0.25) is 0 Å². The van der Waals surface area contributed by atoms with E-state index in [1.165, 1.54) is 11.1 Å². The second-order valence-corrected chi connectivity index (χ2v) is 13.1. The van der Waals surface area contributed by atoms with Crippen molar-refractivity contribution in [2.45, 2.75) is 0 Å². The van der Waals surface area contributed by atoms with Gasteiger partial charge in [0.1, 0.15) is 17.0 Å². The van der Waals surface area contributed by atoms with E-state index in [2.05, 4.69) is 85.4 Å². The SMILES string of the molecule is C=C(N=C(N=C(N)c1cccc2c1oc1ccccc12)c1ccc(-c2cccc3ncc(-c4ccc(-c5ccccc5)cc4)cc23)cc1)c1ccccc1. The van der Waals surface area contributed by atoms with E-state index in [0.29, 0.717) is 28.5 Å². The predicted molar refractivity (Wildman–Crippen MR) is 225 cm³/mol. The van der Waals surface area contributed by atoms with Crippen LogP contribution in [-0.4, -0.2) is 16.7 Å². The van der Waals surface area contributed by atoms with Crippen molar-refractivity contribution >= 4 is 50.2 Å². The number of nitrogens with zero attached hydrogens (tertiary/aromatic N) is 3. The summed E-state index contributed by atoms with van der Waals surface area (Å²) < 4.78 is 6.28. The zero-order valence-corrected chi connectivity index (χ0v) is 29.4. The van der Waals surface area contributed by atoms with E-state index in [-0.39, 0.29) is 0 Å². The third-order valence-corrected chi connectivity index (χ3v) is 9.76. The van der Waals surface area contributed by atoms with Gasteiger partial charge in [-0.15, -0.1) is 0 Å². The molecule has 0 bridgehead atoms. The van der Waals surface area contributed by atoms with E-state index in [1.54, 1.807) is 0 Å². The van der Waals surface area contributed by atoms with Gasteiger partial charge in [-0.1, -0.05) is 158 Å². The van der Waals surface area contributed by atoms with Gasteiger partial charge in [0, 0.05) is 33.5 Å². The van der Waals surface area contributed by atoms with Gasteiger partial charge in [-0.25, -0.2) is 9.98 Å². The van der Waals surface area contributed by atoms with Gasteiger partial charge in [0.15, 0.2) is 5.84 Å². The zero-order chi connectivity index (χ0) is 36.4. The second kappa shape index (κ2) is 14.0. The fraction of sp³-hybridized carbons (Fsp3) is 0. The Balaban J connectivity index is 1.09. The molecule has 256 valence electrons. The van der Waals surface area contributed by atoms with E-state index < -0.39 is 0 Å². The van der Waals surface area contributed by atoms with Crippen molar-refractivity contribution in [1.82, 2.24) is 4.98 Å². The van der Waals surface area contributed by atoms with Crippen LogP contribution in [0.3, 0.4) is 0 Å². The van der Waals surface area contributed by atoms with Gasteiger partial charge in [-0.2, -0.15) is 0 Å². The van der Waals surface area contributed by atoms with Crippen LogP contribution in [0.25, 0.3) is 71.9 Å². The minimum atomic E-state index is 0.299. The molecule has 54 heavy (non-hydrogen) atoms. The summed E-state index contributed by atoms with van der Waals surface area (Å²) in [5.41, 5.74) is 18.9. The van der Waals surface area contributed by atoms with Crippen LogP contribution in [0.15, 0.2) is 203 Å². The zero-order valence-electron chi connectivity index (χ0n) is 29.4. The van der Waals surface area contributed by atoms with E-state index >= 15 is 0 Å². The fourth-order valence-corrected chi connectivity index (χ4v) is 6.94. The first kappa shape index (κ1) is 32.5. The molecular formula is C49H34N4O. The number of pyridine rings is 1. The number of rotatable bonds is 7. The van der Waals surface area contributed by atoms with E-state index in [9.17, 15) is 0 Å². The summed E-state index contributed by atoms with van der Waals surface area (Å²) in [6.07, 6.45) is 1.95. The molecule has 9 rings (SSSR count). The van der Waals surface area contributed by atoms with Gasteiger partial charge in [-0.05, 0) is 57.6 Å². The number of nitrogens with two attached hydrogens (primary N) is 1. The molecule has 0 unspecified atom stereocenters. The van der Waals surface area contributed by atoms with Crippen molar-refractivity contribution in [1.29, 1.82) is 0 Å². The maximum absolute atomic E-state index is 6.79. The summed E-state index contributed by atoms with van der Waals surface area (Å²) in [6.45, 7) is 4.28. The van der Waals surface area contributed by atoms with Gasteiger partial charge in [0.05, 0.1) is 16.8 Å². The van der Waals surface area contributed by atoms with Crippen molar-refractivity contribution in [3.8, 4) is 33.4 Å². The maximum Gasteiger partial charge on any atom is 0.162 e. The molecule has 0 aliphatic rings. The Bertz CT molecular complexity index is 2870. The van der Waals surface area contributed by atoms with Crippen molar-refractivity contribution < 1.29 is 4.42 Å². The molecule has 5 nitrogen and oxygen atoms in total. The van der Waals surface area contributed by atoms with Crippen LogP contribution in [0.2, 0.25) is 0 Å². The molecule has 2 heterocycles. The van der Waals surface area contributed by atoms with Crippen LogP contribution >= 0.6 is 0 Å². The molecule has 5 heteroatoms. The second-order valence-electron chi connectivity index (χ2n) is 13.1. The molecule has 2 aromatic heterocycles. The van der Waals surface area contributed by atoms with Crippen LogP contribution in [0, 0.1) is 0 Å². The average molecular weight is 695 g/mol. The molecule has 0 aliphatic heterocycles. The van der Waals surface area contributed by atoms with E-state index in [4.69, 9.17) is 25.1 Å². The number of aromatic nitrogens is 1. The minimum absolute atomic E-state index is 0.299. The summed E-state index contributed by atoms with van der Waals surface area (Å²) in [5, 5.41) is 3.08. The quantitative estimate of drug-likeness (QED) is 0.133. The highest BCUT2D eigenvalue weighted by Crippen LogP contribution is 2.33. The highest BCUT2D eigenvalue weighted by atomic mass is 16.3. The first-order chi connectivity index (χ1) is 26.6. The molecule has 0 amide bonds. The Morgan fingerprint density at radius 2 is 1.15 bits per heavy atom. The number of hydrogen-bond donors (Lipinski definition) is 1. The van der Waals surface area contributed by atoms with Crippen LogP contribution < -0.4 is 5.73 Å². The highest BCUT2D eigenvalue weighted by molar-refractivity contribution is 6.18. The molecule has 0 saturated carbocycles. The largest absolute Gasteiger partial charge is 0.455 e. The molecule has 0 radical (unpaired) electrons. The van der Waals surface area contributed by atoms with Crippen LogP contribution in [0.1, 0.15) is 16.7 Å². The van der Waals surface area contributed by atoms with Gasteiger partial charge >= 0.3 is 0 Å². The van der Waals surface area contributed by atoms with Gasteiger partial charge in [-0.3, -0.25) is 4.98 Å². The maximum atomic E-state index is 6.79. The lowest BCUT2D eigenvalue weighted by molar-refractivity contribution is 0.668. The molecule has 0 fully saturated rings. The number of fused-ring (bicyclic) bond motifs is 4. The van der Waals surface area contributed by atoms with Crippen LogP contribution in [0.5, 0.6) is 0 Å². The topological polar surface area (TPSA) is 76.8 Å². The molecule has 0 saturated heterocycles. The van der Waals surface area contributed by atoms with Crippen LogP contribution in [0.4, 0.5) is 0 Å². The van der Waals surface area contributed by atoms with E-state index in [0.717, 1.165) is 60.6 Å². The summed E-state index contributed by atoms with van der Waals surface area (Å²) in [5.74, 6) is 0.745. The van der Waals surface area contributed by atoms with Gasteiger partial charge in [0.25, 0.3) is 0 Å². The summed E-state index contributed by atoms with van der Waals surface area (Å²) in [7, 11) is 0. The van der Waals surface area contributed by atoms with E-state index in [1.807, 2.05) is 103 Å². The van der Waals surface area contributed by atoms with Crippen molar-refractivity contribution in [3.63, 3.8) is 0 Å². The Morgan fingerprint density at radius 3 is 1.93 bits per heavy atom. The van der Waals surface area contributed by atoms with Crippen molar-refractivity contribution in [2.24, 2.45) is 15.7 Å². The average Bonchev–Trinajstić information content (AvgIpc) is 3.63. The minimum Gasteiger partial charge on any atom is -0.455 e. The third-order valence-electron chi connectivity index (χ3n) is 9.76. The van der Waals surface area contributed by atoms with Gasteiger partial charge < -0.3 is 10.2 Å². The Labute approximate surface area is 313 Å². The van der Waals surface area contributed by atoms with Crippen molar-refractivity contribution in [3.05, 3.63) is 205 Å². The Hall–Kier alpha value is -7.37. The lowest BCUT2D eigenvalue weighted by atomic mass is 9.96. The lowest BCUT2D eigenvalue weighted by Gasteiger charge is -2.11. The number of hydrogen-bond acceptors (Lipinski definition) is 3. The number of aliphatic imine (C=N–C) groups is 2. The number of para-hydroxylation sites is 2. The smallest absolute Gasteiger partial charge is 0.162 e. The first-order valence-electron chi connectivity index (χ1n) is 17.8. The first-order valence-corrected chi connectivity index (χ1v) is 17.8. The summed E-state index contributed by atoms with van der Waals surface area (Å²) >= 11 is 0. The molecule has 7 aromatic carbocycles.